The van der Waals surface area contributed by atoms with Crippen LogP contribution in [0.2, 0.25) is 0 Å². The minimum Gasteiger partial charge on any atom is -0.491 e. The van der Waals surface area contributed by atoms with Crippen molar-refractivity contribution in [1.29, 1.82) is 0 Å². The Hall–Kier alpha value is -2.37. The van der Waals surface area contributed by atoms with E-state index in [0.29, 0.717) is 13.0 Å². The van der Waals surface area contributed by atoms with Gasteiger partial charge >= 0.3 is 0 Å². The van der Waals surface area contributed by atoms with Crippen LogP contribution in [0.3, 0.4) is 0 Å². The quantitative estimate of drug-likeness (QED) is 0.751. The number of piperidine rings is 1. The first-order valence-electron chi connectivity index (χ1n) is 9.60. The molecule has 1 aliphatic rings. The van der Waals surface area contributed by atoms with Gasteiger partial charge in [-0.3, -0.25) is 9.69 Å². The maximum absolute atomic E-state index is 11.2. The molecule has 1 heterocycles. The Morgan fingerprint density at radius 2 is 1.81 bits per heavy atom. The summed E-state index contributed by atoms with van der Waals surface area (Å²) in [6.07, 6.45) is 2.90. The van der Waals surface area contributed by atoms with Gasteiger partial charge in [0.05, 0.1) is 0 Å². The van der Waals surface area contributed by atoms with E-state index >= 15 is 0 Å². The van der Waals surface area contributed by atoms with E-state index < -0.39 is 6.10 Å². The zero-order valence-corrected chi connectivity index (χ0v) is 15.6. The summed E-state index contributed by atoms with van der Waals surface area (Å²) in [7, 11) is 0. The second-order valence-electron chi connectivity index (χ2n) is 7.17. The summed E-state index contributed by atoms with van der Waals surface area (Å²) < 4.78 is 5.75. The first-order valence-corrected chi connectivity index (χ1v) is 9.60. The van der Waals surface area contributed by atoms with Gasteiger partial charge in [0.2, 0.25) is 5.91 Å². The Balaban J connectivity index is 1.49. The fourth-order valence-electron chi connectivity index (χ4n) is 3.65. The third-order valence-corrected chi connectivity index (χ3v) is 5.03. The molecule has 1 fully saturated rings. The third-order valence-electron chi connectivity index (χ3n) is 5.03. The number of aliphatic hydroxyl groups is 1. The Morgan fingerprint density at radius 1 is 1.11 bits per heavy atom. The molecule has 27 heavy (non-hydrogen) atoms. The van der Waals surface area contributed by atoms with Crippen LogP contribution in [-0.4, -0.2) is 47.8 Å². The average molecular weight is 368 g/mol. The molecule has 1 saturated heterocycles. The van der Waals surface area contributed by atoms with Crippen LogP contribution in [0, 0.1) is 0 Å². The van der Waals surface area contributed by atoms with Gasteiger partial charge in [0.1, 0.15) is 18.5 Å². The number of nitrogens with two attached hydrogens (primary N) is 1. The summed E-state index contributed by atoms with van der Waals surface area (Å²) >= 11 is 0. The molecule has 3 rings (SSSR count). The van der Waals surface area contributed by atoms with Crippen LogP contribution in [0.25, 0.3) is 11.1 Å². The van der Waals surface area contributed by atoms with Crippen molar-refractivity contribution in [3.05, 3.63) is 54.6 Å². The molecular formula is C22H28N2O3. The van der Waals surface area contributed by atoms with Gasteiger partial charge in [-0.05, 0) is 42.6 Å². The zero-order valence-electron chi connectivity index (χ0n) is 15.6. The second-order valence-corrected chi connectivity index (χ2v) is 7.17. The number of likely N-dealkylation sites (tertiary alicyclic amines) is 1. The van der Waals surface area contributed by atoms with Crippen molar-refractivity contribution in [3.8, 4) is 16.9 Å². The number of aliphatic hydroxyl groups excluding tert-OH is 1. The van der Waals surface area contributed by atoms with Crippen molar-refractivity contribution in [2.45, 2.75) is 37.8 Å². The largest absolute Gasteiger partial charge is 0.491 e. The highest BCUT2D eigenvalue weighted by Crippen LogP contribution is 2.23. The number of ether oxygens (including phenoxy) is 1. The summed E-state index contributed by atoms with van der Waals surface area (Å²) in [5, 5.41) is 10.4. The maximum atomic E-state index is 11.2. The van der Waals surface area contributed by atoms with Gasteiger partial charge in [-0.2, -0.15) is 0 Å². The summed E-state index contributed by atoms with van der Waals surface area (Å²) in [5.41, 5.74) is 7.64. The van der Waals surface area contributed by atoms with Gasteiger partial charge in [0, 0.05) is 19.0 Å². The van der Waals surface area contributed by atoms with Crippen molar-refractivity contribution in [3.63, 3.8) is 0 Å². The Labute approximate surface area is 160 Å². The summed E-state index contributed by atoms with van der Waals surface area (Å²) in [5.74, 6) is 0.456. The molecule has 0 aliphatic carbocycles. The lowest BCUT2D eigenvalue weighted by molar-refractivity contribution is -0.119. The second kappa shape index (κ2) is 9.53. The van der Waals surface area contributed by atoms with E-state index in [-0.39, 0.29) is 18.6 Å². The lowest BCUT2D eigenvalue weighted by atomic mass is 9.98. The first kappa shape index (κ1) is 19.4. The van der Waals surface area contributed by atoms with Crippen LogP contribution >= 0.6 is 0 Å². The molecule has 144 valence electrons. The predicted molar refractivity (Wildman–Crippen MR) is 106 cm³/mol. The van der Waals surface area contributed by atoms with E-state index in [4.69, 9.17) is 10.5 Å². The van der Waals surface area contributed by atoms with Gasteiger partial charge in [-0.15, -0.1) is 0 Å². The van der Waals surface area contributed by atoms with Gasteiger partial charge in [-0.1, -0.05) is 48.9 Å². The van der Waals surface area contributed by atoms with E-state index in [9.17, 15) is 9.90 Å². The number of primary amides is 1. The molecule has 5 nitrogen and oxygen atoms in total. The van der Waals surface area contributed by atoms with Crippen molar-refractivity contribution < 1.29 is 14.6 Å². The van der Waals surface area contributed by atoms with Gasteiger partial charge < -0.3 is 15.6 Å². The predicted octanol–water partition coefficient (Wildman–Crippen LogP) is 2.82. The van der Waals surface area contributed by atoms with Crippen molar-refractivity contribution in [2.24, 2.45) is 5.73 Å². The number of nitrogens with zero attached hydrogens (tertiary/aromatic N) is 1. The van der Waals surface area contributed by atoms with Gasteiger partial charge in [-0.25, -0.2) is 0 Å². The van der Waals surface area contributed by atoms with Gasteiger partial charge in [0.15, 0.2) is 0 Å². The number of carbonyl (C=O) groups excluding carboxylic acids is 1. The number of hydrogen-bond donors (Lipinski definition) is 2. The monoisotopic (exact) mass is 368 g/mol. The minimum absolute atomic E-state index is 0.135. The summed E-state index contributed by atoms with van der Waals surface area (Å²) in [4.78, 5) is 13.4. The maximum Gasteiger partial charge on any atom is 0.218 e. The summed E-state index contributed by atoms with van der Waals surface area (Å²) in [6.45, 7) is 1.62. The van der Waals surface area contributed by atoms with E-state index in [1.165, 1.54) is 0 Å². The fourth-order valence-corrected chi connectivity index (χ4v) is 3.65. The number of carbonyl (C=O) groups is 1. The topological polar surface area (TPSA) is 75.8 Å². The standard InChI is InChI=1S/C22H28N2O3/c23-22(26)14-19-8-4-5-13-24(19)15-20(25)16-27-21-11-9-18(10-12-21)17-6-2-1-3-7-17/h1-3,6-7,9-12,19-20,25H,4-5,8,13-16H2,(H2,23,26). The highest BCUT2D eigenvalue weighted by molar-refractivity contribution is 5.74. The highest BCUT2D eigenvalue weighted by atomic mass is 16.5. The Bertz CT molecular complexity index is 718. The SMILES string of the molecule is NC(=O)CC1CCCCN1CC(O)COc1ccc(-c2ccccc2)cc1. The Kier molecular flexibility index (Phi) is 6.85. The number of hydrogen-bond acceptors (Lipinski definition) is 4. The van der Waals surface area contributed by atoms with E-state index in [1.807, 2.05) is 42.5 Å². The number of benzene rings is 2. The van der Waals surface area contributed by atoms with Gasteiger partial charge in [0.25, 0.3) is 0 Å². The normalized spacial score (nSPS) is 18.8. The molecule has 2 aromatic rings. The van der Waals surface area contributed by atoms with E-state index in [1.54, 1.807) is 0 Å². The van der Waals surface area contributed by atoms with Crippen molar-refractivity contribution in [1.82, 2.24) is 4.90 Å². The fraction of sp³-hybridized carbons (Fsp3) is 0.409. The van der Waals surface area contributed by atoms with Crippen LogP contribution in [0.15, 0.2) is 54.6 Å². The van der Waals surface area contributed by atoms with E-state index in [2.05, 4.69) is 17.0 Å². The molecule has 3 N–H and O–H groups in total. The molecule has 0 aromatic heterocycles. The smallest absolute Gasteiger partial charge is 0.218 e. The van der Waals surface area contributed by atoms with Crippen LogP contribution in [0.1, 0.15) is 25.7 Å². The Morgan fingerprint density at radius 3 is 2.52 bits per heavy atom. The molecule has 0 radical (unpaired) electrons. The lowest BCUT2D eigenvalue weighted by Crippen LogP contribution is -2.46. The third kappa shape index (κ3) is 5.81. The van der Waals surface area contributed by atoms with Crippen LogP contribution < -0.4 is 10.5 Å². The molecule has 2 aromatic carbocycles. The molecule has 2 unspecified atom stereocenters. The van der Waals surface area contributed by atoms with Crippen molar-refractivity contribution in [2.75, 3.05) is 19.7 Å². The number of amides is 1. The van der Waals surface area contributed by atoms with Crippen LogP contribution in [0.4, 0.5) is 0 Å². The van der Waals surface area contributed by atoms with E-state index in [0.717, 1.165) is 42.7 Å². The lowest BCUT2D eigenvalue weighted by Gasteiger charge is -2.36. The minimum atomic E-state index is -0.604. The molecular weight excluding hydrogens is 340 g/mol. The highest BCUT2D eigenvalue weighted by Gasteiger charge is 2.25. The summed E-state index contributed by atoms with van der Waals surface area (Å²) in [6, 6.07) is 18.2. The molecule has 0 bridgehead atoms. The molecule has 1 amide bonds. The molecule has 0 saturated carbocycles. The number of β-amino-alcohol motifs (C(OH)–C–C–N with tert-alkyl or cyclic N) is 1. The molecule has 1 aliphatic heterocycles. The first-order chi connectivity index (χ1) is 13.1. The van der Waals surface area contributed by atoms with Crippen LogP contribution in [-0.2, 0) is 4.79 Å². The molecule has 0 spiro atoms. The zero-order chi connectivity index (χ0) is 19.1. The van der Waals surface area contributed by atoms with Crippen LogP contribution in [0.5, 0.6) is 5.75 Å². The average Bonchev–Trinajstić information content (AvgIpc) is 2.69. The number of rotatable bonds is 8. The molecule has 5 heteroatoms. The van der Waals surface area contributed by atoms with Crippen molar-refractivity contribution >= 4 is 5.91 Å². The molecule has 2 atom stereocenters.